The Labute approximate surface area is 104 Å². The lowest BCUT2D eigenvalue weighted by atomic mass is 9.97. The predicted molar refractivity (Wildman–Crippen MR) is 66.3 cm³/mol. The molecule has 0 heterocycles. The van der Waals surface area contributed by atoms with Crippen molar-refractivity contribution in [1.82, 2.24) is 0 Å². The first kappa shape index (κ1) is 13.0. The van der Waals surface area contributed by atoms with Crippen LogP contribution >= 0.6 is 15.9 Å². The van der Waals surface area contributed by atoms with Crippen molar-refractivity contribution in [3.63, 3.8) is 0 Å². The van der Waals surface area contributed by atoms with E-state index >= 15 is 0 Å². The zero-order valence-corrected chi connectivity index (χ0v) is 11.2. The van der Waals surface area contributed by atoms with Crippen molar-refractivity contribution in [3.05, 3.63) is 22.2 Å². The van der Waals surface area contributed by atoms with Crippen molar-refractivity contribution in [3.8, 4) is 11.5 Å². The summed E-state index contributed by atoms with van der Waals surface area (Å²) in [5.74, 6) is 1.62. The van der Waals surface area contributed by atoms with Crippen LogP contribution in [-0.2, 0) is 4.79 Å². The van der Waals surface area contributed by atoms with Gasteiger partial charge in [-0.1, -0.05) is 6.92 Å². The number of methoxy groups -OCH3 is 2. The molecule has 1 unspecified atom stereocenters. The lowest BCUT2D eigenvalue weighted by Crippen LogP contribution is -2.00. The van der Waals surface area contributed by atoms with Crippen LogP contribution in [0, 0.1) is 0 Å². The molecule has 0 bridgehead atoms. The summed E-state index contributed by atoms with van der Waals surface area (Å²) in [6, 6.07) is 3.74. The van der Waals surface area contributed by atoms with E-state index in [0.717, 1.165) is 27.8 Å². The summed E-state index contributed by atoms with van der Waals surface area (Å²) in [6.45, 7) is 1.98. The lowest BCUT2D eigenvalue weighted by molar-refractivity contribution is -0.108. The van der Waals surface area contributed by atoms with Gasteiger partial charge in [-0.05, 0) is 34.0 Å². The van der Waals surface area contributed by atoms with E-state index in [-0.39, 0.29) is 5.92 Å². The highest BCUT2D eigenvalue weighted by molar-refractivity contribution is 9.10. The van der Waals surface area contributed by atoms with Crippen molar-refractivity contribution in [2.24, 2.45) is 0 Å². The molecule has 0 fully saturated rings. The second kappa shape index (κ2) is 5.89. The van der Waals surface area contributed by atoms with Gasteiger partial charge < -0.3 is 14.3 Å². The van der Waals surface area contributed by atoms with Gasteiger partial charge >= 0.3 is 0 Å². The van der Waals surface area contributed by atoms with Crippen LogP contribution in [0.4, 0.5) is 0 Å². The molecule has 88 valence electrons. The number of hydrogen-bond acceptors (Lipinski definition) is 3. The largest absolute Gasteiger partial charge is 0.497 e. The molecule has 1 aromatic carbocycles. The van der Waals surface area contributed by atoms with Crippen LogP contribution in [-0.4, -0.2) is 20.5 Å². The number of carbonyl (C=O) groups excluding carboxylic acids is 1. The fraction of sp³-hybridized carbons (Fsp3) is 0.417. The van der Waals surface area contributed by atoms with Gasteiger partial charge in [-0.3, -0.25) is 0 Å². The highest BCUT2D eigenvalue weighted by Gasteiger charge is 2.15. The first-order valence-corrected chi connectivity index (χ1v) is 5.78. The summed E-state index contributed by atoms with van der Waals surface area (Å²) >= 11 is 3.43. The fourth-order valence-electron chi connectivity index (χ4n) is 1.56. The van der Waals surface area contributed by atoms with Crippen LogP contribution in [0.5, 0.6) is 11.5 Å². The molecule has 0 amide bonds. The van der Waals surface area contributed by atoms with E-state index in [1.807, 2.05) is 19.1 Å². The molecule has 0 aliphatic rings. The molecule has 16 heavy (non-hydrogen) atoms. The Morgan fingerprint density at radius 3 is 2.56 bits per heavy atom. The number of carbonyl (C=O) groups is 1. The third-order valence-corrected chi connectivity index (χ3v) is 3.06. The van der Waals surface area contributed by atoms with Gasteiger partial charge in [-0.2, -0.15) is 0 Å². The number of benzene rings is 1. The molecule has 1 rings (SSSR count). The molecule has 0 aliphatic heterocycles. The topological polar surface area (TPSA) is 35.5 Å². The lowest BCUT2D eigenvalue weighted by Gasteiger charge is -2.16. The van der Waals surface area contributed by atoms with Crippen LogP contribution in [0.15, 0.2) is 16.6 Å². The highest BCUT2D eigenvalue weighted by Crippen LogP contribution is 2.38. The van der Waals surface area contributed by atoms with Crippen LogP contribution < -0.4 is 9.47 Å². The van der Waals surface area contributed by atoms with E-state index in [1.165, 1.54) is 0 Å². The van der Waals surface area contributed by atoms with Gasteiger partial charge in [-0.25, -0.2) is 0 Å². The average Bonchev–Trinajstić information content (AvgIpc) is 2.28. The predicted octanol–water partition coefficient (Wildman–Crippen LogP) is 3.16. The molecular formula is C12H15BrO3. The number of hydrogen-bond donors (Lipinski definition) is 0. The Morgan fingerprint density at radius 2 is 2.06 bits per heavy atom. The molecule has 3 nitrogen and oxygen atoms in total. The first-order chi connectivity index (χ1) is 7.63. The van der Waals surface area contributed by atoms with Crippen LogP contribution in [0.2, 0.25) is 0 Å². The quantitative estimate of drug-likeness (QED) is 0.780. The molecule has 0 N–H and O–H groups in total. The fourth-order valence-corrected chi connectivity index (χ4v) is 2.18. The highest BCUT2D eigenvalue weighted by atomic mass is 79.9. The smallest absolute Gasteiger partial charge is 0.136 e. The van der Waals surface area contributed by atoms with E-state index in [1.54, 1.807) is 14.2 Å². The normalized spacial score (nSPS) is 12.0. The van der Waals surface area contributed by atoms with Gasteiger partial charge in [0.25, 0.3) is 0 Å². The number of rotatable bonds is 5. The van der Waals surface area contributed by atoms with Gasteiger partial charge in [0.1, 0.15) is 17.8 Å². The van der Waals surface area contributed by atoms with Crippen LogP contribution in [0.3, 0.4) is 0 Å². The summed E-state index contributed by atoms with van der Waals surface area (Å²) in [7, 11) is 3.23. The summed E-state index contributed by atoms with van der Waals surface area (Å²) in [4.78, 5) is 10.5. The molecular weight excluding hydrogens is 272 g/mol. The summed E-state index contributed by atoms with van der Waals surface area (Å²) in [5.41, 5.74) is 0.973. The van der Waals surface area contributed by atoms with Gasteiger partial charge in [-0.15, -0.1) is 0 Å². The monoisotopic (exact) mass is 286 g/mol. The van der Waals surface area contributed by atoms with Crippen molar-refractivity contribution in [2.45, 2.75) is 19.3 Å². The minimum absolute atomic E-state index is 0.110. The van der Waals surface area contributed by atoms with Gasteiger partial charge in [0.15, 0.2) is 0 Å². The Morgan fingerprint density at radius 1 is 1.38 bits per heavy atom. The third-order valence-electron chi connectivity index (χ3n) is 2.47. The maximum Gasteiger partial charge on any atom is 0.136 e. The summed E-state index contributed by atoms with van der Waals surface area (Å²) in [6.07, 6.45) is 1.38. The average molecular weight is 287 g/mol. The molecule has 4 heteroatoms. The molecule has 0 aromatic heterocycles. The molecule has 0 spiro atoms. The van der Waals surface area contributed by atoms with Crippen LogP contribution in [0.1, 0.15) is 24.8 Å². The second-order valence-electron chi connectivity index (χ2n) is 3.54. The zero-order chi connectivity index (χ0) is 12.1. The van der Waals surface area contributed by atoms with Crippen molar-refractivity contribution in [2.75, 3.05) is 14.2 Å². The number of ether oxygens (including phenoxy) is 2. The maximum absolute atomic E-state index is 10.5. The molecule has 1 atom stereocenters. The van der Waals surface area contributed by atoms with E-state index in [4.69, 9.17) is 9.47 Å². The standard InChI is InChI=1S/C12H15BrO3/c1-8(4-5-14)10-6-9(15-2)7-11(13)12(10)16-3/h5-8H,4H2,1-3H3. The Kier molecular flexibility index (Phi) is 4.80. The molecule has 0 saturated heterocycles. The van der Waals surface area contributed by atoms with E-state index in [2.05, 4.69) is 15.9 Å². The molecule has 0 radical (unpaired) electrons. The van der Waals surface area contributed by atoms with Gasteiger partial charge in [0.05, 0.1) is 18.7 Å². The Hall–Kier alpha value is -1.03. The van der Waals surface area contributed by atoms with E-state index < -0.39 is 0 Å². The van der Waals surface area contributed by atoms with Gasteiger partial charge in [0, 0.05) is 12.0 Å². The van der Waals surface area contributed by atoms with Crippen molar-refractivity contribution >= 4 is 22.2 Å². The van der Waals surface area contributed by atoms with Gasteiger partial charge in [0.2, 0.25) is 0 Å². The second-order valence-corrected chi connectivity index (χ2v) is 4.39. The summed E-state index contributed by atoms with van der Waals surface area (Å²) < 4.78 is 11.3. The van der Waals surface area contributed by atoms with Crippen molar-refractivity contribution < 1.29 is 14.3 Å². The molecule has 0 aliphatic carbocycles. The number of halogens is 1. The van der Waals surface area contributed by atoms with Crippen LogP contribution in [0.25, 0.3) is 0 Å². The van der Waals surface area contributed by atoms with Crippen molar-refractivity contribution in [1.29, 1.82) is 0 Å². The maximum atomic E-state index is 10.5. The Bertz CT molecular complexity index is 377. The zero-order valence-electron chi connectivity index (χ0n) is 9.62. The molecule has 1 aromatic rings. The van der Waals surface area contributed by atoms with E-state index in [0.29, 0.717) is 6.42 Å². The minimum Gasteiger partial charge on any atom is -0.497 e. The number of aldehydes is 1. The Balaban J connectivity index is 3.21. The van der Waals surface area contributed by atoms with E-state index in [9.17, 15) is 4.79 Å². The first-order valence-electron chi connectivity index (χ1n) is 4.99. The minimum atomic E-state index is 0.110. The molecule has 0 saturated carbocycles. The SMILES string of the molecule is COc1cc(Br)c(OC)c(C(C)CC=O)c1. The summed E-state index contributed by atoms with van der Waals surface area (Å²) in [5, 5.41) is 0. The third kappa shape index (κ3) is 2.76.